The Labute approximate surface area is 165 Å². The van der Waals surface area contributed by atoms with Gasteiger partial charge in [-0.1, -0.05) is 17.7 Å². The lowest BCUT2D eigenvalue weighted by Crippen LogP contribution is -2.30. The van der Waals surface area contributed by atoms with Crippen LogP contribution in [0, 0.1) is 17.0 Å². The first-order chi connectivity index (χ1) is 13.6. The van der Waals surface area contributed by atoms with Gasteiger partial charge in [-0.05, 0) is 25.1 Å². The molecule has 0 unspecified atom stereocenters. The van der Waals surface area contributed by atoms with Crippen molar-refractivity contribution in [1.29, 1.82) is 0 Å². The van der Waals surface area contributed by atoms with E-state index in [-0.39, 0.29) is 31.1 Å². The number of benzene rings is 2. The summed E-state index contributed by atoms with van der Waals surface area (Å²) in [5, 5.41) is 16.4. The van der Waals surface area contributed by atoms with Crippen LogP contribution in [0.15, 0.2) is 36.4 Å². The molecule has 29 heavy (non-hydrogen) atoms. The molecule has 2 N–H and O–H groups in total. The van der Waals surface area contributed by atoms with E-state index in [4.69, 9.17) is 4.74 Å². The zero-order valence-electron chi connectivity index (χ0n) is 15.8. The second kappa shape index (κ2) is 9.26. The number of rotatable bonds is 8. The fourth-order valence-corrected chi connectivity index (χ4v) is 2.69. The highest BCUT2D eigenvalue weighted by Crippen LogP contribution is 2.34. The number of ether oxygens (including phenoxy) is 1. The van der Waals surface area contributed by atoms with Crippen LogP contribution < -0.4 is 15.4 Å². The van der Waals surface area contributed by atoms with Crippen LogP contribution in [0.25, 0.3) is 0 Å². The lowest BCUT2D eigenvalue weighted by molar-refractivity contribution is -0.384. The first-order valence-corrected chi connectivity index (χ1v) is 8.61. The van der Waals surface area contributed by atoms with Gasteiger partial charge in [-0.2, -0.15) is 13.2 Å². The van der Waals surface area contributed by atoms with Crippen LogP contribution in [0.5, 0.6) is 5.75 Å². The van der Waals surface area contributed by atoms with Gasteiger partial charge in [0.05, 0.1) is 24.0 Å². The van der Waals surface area contributed by atoms with Gasteiger partial charge in [0.1, 0.15) is 11.4 Å². The molecule has 0 fully saturated rings. The number of hydrogen-bond donors (Lipinski definition) is 2. The molecule has 10 heteroatoms. The number of methoxy groups -OCH3 is 1. The normalized spacial score (nSPS) is 11.1. The number of nitro benzene ring substituents is 1. The molecule has 0 heterocycles. The van der Waals surface area contributed by atoms with Gasteiger partial charge in [0.25, 0.3) is 5.69 Å². The Kier molecular flexibility index (Phi) is 7.03. The van der Waals surface area contributed by atoms with Gasteiger partial charge >= 0.3 is 6.18 Å². The Morgan fingerprint density at radius 2 is 1.90 bits per heavy atom. The van der Waals surface area contributed by atoms with E-state index in [1.807, 2.05) is 19.1 Å². The Morgan fingerprint density at radius 3 is 2.52 bits per heavy atom. The summed E-state index contributed by atoms with van der Waals surface area (Å²) in [6.45, 7) is 2.12. The smallest absolute Gasteiger partial charge is 0.416 e. The molecule has 0 atom stereocenters. The average Bonchev–Trinajstić information content (AvgIpc) is 2.64. The predicted octanol–water partition coefficient (Wildman–Crippen LogP) is 3.70. The van der Waals surface area contributed by atoms with E-state index in [0.29, 0.717) is 11.8 Å². The fraction of sp³-hybridized carbons (Fsp3) is 0.316. The van der Waals surface area contributed by atoms with Crippen molar-refractivity contribution in [2.45, 2.75) is 19.5 Å². The number of nitro groups is 1. The molecule has 0 radical (unpaired) electrons. The maximum atomic E-state index is 12.7. The minimum Gasteiger partial charge on any atom is -0.496 e. The van der Waals surface area contributed by atoms with Crippen LogP contribution in [-0.2, 0) is 17.4 Å². The van der Waals surface area contributed by atoms with E-state index in [1.165, 1.54) is 7.11 Å². The molecule has 0 aliphatic heterocycles. The molecule has 0 saturated heterocycles. The zero-order chi connectivity index (χ0) is 21.6. The third-order valence-electron chi connectivity index (χ3n) is 4.07. The monoisotopic (exact) mass is 411 g/mol. The van der Waals surface area contributed by atoms with Crippen LogP contribution in [0.3, 0.4) is 0 Å². The van der Waals surface area contributed by atoms with Crippen molar-refractivity contribution in [1.82, 2.24) is 5.32 Å². The molecule has 0 aliphatic carbocycles. The summed E-state index contributed by atoms with van der Waals surface area (Å²) in [6.07, 6.45) is -4.58. The largest absolute Gasteiger partial charge is 0.496 e. The third-order valence-corrected chi connectivity index (χ3v) is 4.07. The lowest BCUT2D eigenvalue weighted by Gasteiger charge is -2.12. The summed E-state index contributed by atoms with van der Waals surface area (Å²) in [5.41, 5.74) is -0.148. The van der Waals surface area contributed by atoms with Crippen LogP contribution in [0.4, 0.5) is 24.5 Å². The summed E-state index contributed by atoms with van der Waals surface area (Å²) < 4.78 is 43.4. The van der Waals surface area contributed by atoms with Crippen molar-refractivity contribution >= 4 is 17.3 Å². The van der Waals surface area contributed by atoms with Crippen molar-refractivity contribution in [3.8, 4) is 5.75 Å². The Morgan fingerprint density at radius 1 is 1.17 bits per heavy atom. The fourth-order valence-electron chi connectivity index (χ4n) is 2.69. The van der Waals surface area contributed by atoms with Gasteiger partial charge in [-0.3, -0.25) is 14.9 Å². The molecule has 0 bridgehead atoms. The molecule has 1 amide bonds. The molecule has 0 spiro atoms. The van der Waals surface area contributed by atoms with Crippen LogP contribution >= 0.6 is 0 Å². The van der Waals surface area contributed by atoms with E-state index in [9.17, 15) is 28.1 Å². The lowest BCUT2D eigenvalue weighted by atomic mass is 10.1. The van der Waals surface area contributed by atoms with E-state index in [0.717, 1.165) is 23.3 Å². The first kappa shape index (κ1) is 22.0. The number of nitrogens with zero attached hydrogens (tertiary/aromatic N) is 1. The van der Waals surface area contributed by atoms with Gasteiger partial charge < -0.3 is 15.4 Å². The van der Waals surface area contributed by atoms with Crippen LogP contribution in [0.2, 0.25) is 0 Å². The molecule has 2 aromatic carbocycles. The first-order valence-electron chi connectivity index (χ1n) is 8.61. The van der Waals surface area contributed by atoms with Crippen molar-refractivity contribution in [2.24, 2.45) is 0 Å². The summed E-state index contributed by atoms with van der Waals surface area (Å²) in [5.74, 6) is 0.307. The number of aryl methyl sites for hydroxylation is 1. The summed E-state index contributed by atoms with van der Waals surface area (Å²) in [7, 11) is 1.51. The van der Waals surface area contributed by atoms with Crippen molar-refractivity contribution in [3.63, 3.8) is 0 Å². The maximum absolute atomic E-state index is 12.7. The molecule has 7 nitrogen and oxygen atoms in total. The number of amides is 1. The Hall–Kier alpha value is -3.30. The average molecular weight is 411 g/mol. The maximum Gasteiger partial charge on any atom is 0.416 e. The van der Waals surface area contributed by atoms with E-state index < -0.39 is 22.4 Å². The van der Waals surface area contributed by atoms with Crippen LogP contribution in [-0.4, -0.2) is 31.0 Å². The number of nitrogens with one attached hydrogen (secondary N) is 2. The number of carbonyl (C=O) groups is 1. The highest BCUT2D eigenvalue weighted by molar-refractivity contribution is 5.79. The van der Waals surface area contributed by atoms with Gasteiger partial charge in [0.2, 0.25) is 5.91 Å². The summed E-state index contributed by atoms with van der Waals surface area (Å²) >= 11 is 0. The number of anilines is 1. The molecule has 0 saturated carbocycles. The van der Waals surface area contributed by atoms with Crippen molar-refractivity contribution in [3.05, 3.63) is 63.2 Å². The third kappa shape index (κ3) is 6.09. The highest BCUT2D eigenvalue weighted by Gasteiger charge is 2.33. The second-order valence-electron chi connectivity index (χ2n) is 6.26. The van der Waals surface area contributed by atoms with Crippen molar-refractivity contribution in [2.75, 3.05) is 25.5 Å². The van der Waals surface area contributed by atoms with E-state index in [1.54, 1.807) is 6.07 Å². The molecule has 2 rings (SSSR count). The topological polar surface area (TPSA) is 93.5 Å². The van der Waals surface area contributed by atoms with Gasteiger partial charge in [-0.15, -0.1) is 0 Å². The zero-order valence-corrected chi connectivity index (χ0v) is 15.8. The summed E-state index contributed by atoms with van der Waals surface area (Å²) in [4.78, 5) is 22.3. The summed E-state index contributed by atoms with van der Waals surface area (Å²) in [6, 6.07) is 7.70. The van der Waals surface area contributed by atoms with Gasteiger partial charge in [0.15, 0.2) is 0 Å². The molecule has 156 valence electrons. The minimum atomic E-state index is -4.67. The molecule has 2 aromatic rings. The molecular weight excluding hydrogens is 391 g/mol. The number of carbonyl (C=O) groups excluding carboxylic acids is 1. The van der Waals surface area contributed by atoms with Gasteiger partial charge in [0, 0.05) is 24.7 Å². The van der Waals surface area contributed by atoms with E-state index >= 15 is 0 Å². The SMILES string of the molecule is COc1ccc(C)cc1CC(=O)NCCNc1ccc(C(F)(F)F)cc1[N+](=O)[O-]. The number of alkyl halides is 3. The van der Waals surface area contributed by atoms with Gasteiger partial charge in [-0.25, -0.2) is 0 Å². The second-order valence-corrected chi connectivity index (χ2v) is 6.26. The van der Waals surface area contributed by atoms with Crippen molar-refractivity contribution < 1.29 is 27.6 Å². The molecule has 0 aromatic heterocycles. The Bertz CT molecular complexity index is 901. The predicted molar refractivity (Wildman–Crippen MR) is 101 cm³/mol. The Balaban J connectivity index is 1.93. The number of hydrogen-bond acceptors (Lipinski definition) is 5. The quantitative estimate of drug-likeness (QED) is 0.393. The van der Waals surface area contributed by atoms with Crippen LogP contribution in [0.1, 0.15) is 16.7 Å². The minimum absolute atomic E-state index is 0.0578. The van der Waals surface area contributed by atoms with E-state index in [2.05, 4.69) is 10.6 Å². The highest BCUT2D eigenvalue weighted by atomic mass is 19.4. The molecule has 0 aliphatic rings. The number of halogens is 3. The standard InChI is InChI=1S/C19H20F3N3O4/c1-12-3-6-17(29-2)13(9-12)10-18(26)24-8-7-23-15-5-4-14(19(20,21)22)11-16(15)25(27)28/h3-6,9,11,23H,7-8,10H2,1-2H3,(H,24,26). The molecular formula is C19H20F3N3O4.